The molecule has 1 N–H and O–H groups in total. The first kappa shape index (κ1) is 14.5. The lowest BCUT2D eigenvalue weighted by molar-refractivity contribution is 0.201. The van der Waals surface area contributed by atoms with Crippen LogP contribution in [0.5, 0.6) is 0 Å². The summed E-state index contributed by atoms with van der Waals surface area (Å²) in [6, 6.07) is 3.54. The highest BCUT2D eigenvalue weighted by molar-refractivity contribution is 4.91. The Hall–Kier alpha value is -0.590. The minimum absolute atomic E-state index is 0.00505. The Morgan fingerprint density at radius 2 is 2.00 bits per heavy atom. The summed E-state index contributed by atoms with van der Waals surface area (Å²) in [7, 11) is 0. The quantitative estimate of drug-likeness (QED) is 0.739. The third-order valence-corrected chi connectivity index (χ3v) is 3.64. The molecule has 0 aromatic heterocycles. The smallest absolute Gasteiger partial charge is 0.0967 e. The monoisotopic (exact) mass is 237 g/mol. The van der Waals surface area contributed by atoms with E-state index in [1.54, 1.807) is 0 Å². The maximum atomic E-state index is 9.09. The molecular formula is C14H27N3. The van der Waals surface area contributed by atoms with Crippen molar-refractivity contribution in [3.05, 3.63) is 0 Å². The summed E-state index contributed by atoms with van der Waals surface area (Å²) in [6.45, 7) is 8.59. The lowest BCUT2D eigenvalue weighted by Gasteiger charge is -2.28. The van der Waals surface area contributed by atoms with Gasteiger partial charge in [0.05, 0.1) is 12.1 Å². The fourth-order valence-electron chi connectivity index (χ4n) is 2.75. The molecule has 1 atom stereocenters. The Balaban J connectivity index is 2.32. The van der Waals surface area contributed by atoms with Gasteiger partial charge < -0.3 is 4.90 Å². The SMILES string of the molecule is CCN(CCC(C#N)NC(C)C)C1CCCC1. The zero-order valence-electron chi connectivity index (χ0n) is 11.6. The third-order valence-electron chi connectivity index (χ3n) is 3.64. The first-order chi connectivity index (χ1) is 8.17. The van der Waals surface area contributed by atoms with Crippen molar-refractivity contribution in [2.24, 2.45) is 0 Å². The Morgan fingerprint density at radius 1 is 1.35 bits per heavy atom. The Bertz CT molecular complexity index is 238. The number of nitriles is 1. The molecule has 3 nitrogen and oxygen atoms in total. The number of hydrogen-bond donors (Lipinski definition) is 1. The second-order valence-electron chi connectivity index (χ2n) is 5.36. The van der Waals surface area contributed by atoms with Gasteiger partial charge in [-0.2, -0.15) is 5.26 Å². The van der Waals surface area contributed by atoms with Crippen LogP contribution in [-0.2, 0) is 0 Å². The van der Waals surface area contributed by atoms with E-state index < -0.39 is 0 Å². The van der Waals surface area contributed by atoms with Gasteiger partial charge in [0.25, 0.3) is 0 Å². The molecule has 17 heavy (non-hydrogen) atoms. The fourth-order valence-corrected chi connectivity index (χ4v) is 2.75. The molecule has 1 unspecified atom stereocenters. The van der Waals surface area contributed by atoms with Crippen LogP contribution in [0.2, 0.25) is 0 Å². The molecule has 0 saturated heterocycles. The van der Waals surface area contributed by atoms with Crippen molar-refractivity contribution < 1.29 is 0 Å². The number of rotatable bonds is 7. The second-order valence-corrected chi connectivity index (χ2v) is 5.36. The van der Waals surface area contributed by atoms with Crippen molar-refractivity contribution >= 4 is 0 Å². The summed E-state index contributed by atoms with van der Waals surface area (Å²) >= 11 is 0. The van der Waals surface area contributed by atoms with E-state index >= 15 is 0 Å². The van der Waals surface area contributed by atoms with E-state index in [1.165, 1.54) is 25.7 Å². The lowest BCUT2D eigenvalue weighted by Crippen LogP contribution is -2.39. The molecule has 3 heteroatoms. The molecule has 0 aromatic rings. The van der Waals surface area contributed by atoms with Gasteiger partial charge in [0, 0.05) is 18.6 Å². The van der Waals surface area contributed by atoms with Crippen molar-refractivity contribution in [2.45, 2.75) is 71.0 Å². The topological polar surface area (TPSA) is 39.1 Å². The van der Waals surface area contributed by atoms with Gasteiger partial charge in [0.2, 0.25) is 0 Å². The van der Waals surface area contributed by atoms with Crippen molar-refractivity contribution in [2.75, 3.05) is 13.1 Å². The normalized spacial score (nSPS) is 18.8. The summed E-state index contributed by atoms with van der Waals surface area (Å²) in [6.07, 6.45) is 6.41. The Kier molecular flexibility index (Phi) is 6.54. The van der Waals surface area contributed by atoms with E-state index in [2.05, 4.69) is 37.1 Å². The molecule has 0 heterocycles. The maximum Gasteiger partial charge on any atom is 0.0967 e. The molecule has 0 amide bonds. The maximum absolute atomic E-state index is 9.09. The summed E-state index contributed by atoms with van der Waals surface area (Å²) in [5, 5.41) is 12.4. The first-order valence-electron chi connectivity index (χ1n) is 7.07. The Morgan fingerprint density at radius 3 is 2.47 bits per heavy atom. The van der Waals surface area contributed by atoms with Crippen LogP contribution >= 0.6 is 0 Å². The van der Waals surface area contributed by atoms with Gasteiger partial charge in [-0.05, 0) is 39.7 Å². The minimum atomic E-state index is 0.00505. The van der Waals surface area contributed by atoms with Crippen LogP contribution in [0.15, 0.2) is 0 Å². The van der Waals surface area contributed by atoms with Gasteiger partial charge in [-0.1, -0.05) is 19.8 Å². The molecule has 1 saturated carbocycles. The largest absolute Gasteiger partial charge is 0.301 e. The van der Waals surface area contributed by atoms with E-state index in [-0.39, 0.29) is 6.04 Å². The van der Waals surface area contributed by atoms with Crippen LogP contribution in [0, 0.1) is 11.3 Å². The van der Waals surface area contributed by atoms with Crippen LogP contribution in [0.4, 0.5) is 0 Å². The molecule has 98 valence electrons. The van der Waals surface area contributed by atoms with E-state index in [4.69, 9.17) is 5.26 Å². The predicted molar refractivity (Wildman–Crippen MR) is 71.8 cm³/mol. The van der Waals surface area contributed by atoms with Gasteiger partial charge in [-0.25, -0.2) is 0 Å². The molecule has 0 radical (unpaired) electrons. The molecule has 0 bridgehead atoms. The van der Waals surface area contributed by atoms with Gasteiger partial charge in [-0.15, -0.1) is 0 Å². The molecule has 1 rings (SSSR count). The average Bonchev–Trinajstić information content (AvgIpc) is 2.81. The highest BCUT2D eigenvalue weighted by Crippen LogP contribution is 2.23. The molecule has 0 aromatic carbocycles. The van der Waals surface area contributed by atoms with Crippen molar-refractivity contribution in [3.8, 4) is 6.07 Å². The lowest BCUT2D eigenvalue weighted by atomic mass is 10.1. The zero-order valence-corrected chi connectivity index (χ0v) is 11.6. The Labute approximate surface area is 106 Å². The van der Waals surface area contributed by atoms with Crippen LogP contribution in [0.25, 0.3) is 0 Å². The summed E-state index contributed by atoms with van der Waals surface area (Å²) in [5.41, 5.74) is 0. The fraction of sp³-hybridized carbons (Fsp3) is 0.929. The van der Waals surface area contributed by atoms with E-state index in [0.29, 0.717) is 6.04 Å². The first-order valence-corrected chi connectivity index (χ1v) is 7.07. The van der Waals surface area contributed by atoms with Crippen molar-refractivity contribution in [3.63, 3.8) is 0 Å². The van der Waals surface area contributed by atoms with Gasteiger partial charge in [-0.3, -0.25) is 5.32 Å². The van der Waals surface area contributed by atoms with Crippen LogP contribution in [0.1, 0.15) is 52.9 Å². The van der Waals surface area contributed by atoms with Crippen LogP contribution in [0.3, 0.4) is 0 Å². The molecule has 1 aliphatic rings. The second kappa shape index (κ2) is 7.68. The van der Waals surface area contributed by atoms with Crippen molar-refractivity contribution in [1.82, 2.24) is 10.2 Å². The third kappa shape index (κ3) is 5.06. The minimum Gasteiger partial charge on any atom is -0.301 e. The summed E-state index contributed by atoms with van der Waals surface area (Å²) in [5.74, 6) is 0. The number of hydrogen-bond acceptors (Lipinski definition) is 3. The molecule has 1 aliphatic carbocycles. The molecule has 1 fully saturated rings. The van der Waals surface area contributed by atoms with Crippen LogP contribution < -0.4 is 5.32 Å². The number of nitrogens with zero attached hydrogens (tertiary/aromatic N) is 2. The average molecular weight is 237 g/mol. The predicted octanol–water partition coefficient (Wildman–Crippen LogP) is 2.53. The highest BCUT2D eigenvalue weighted by atomic mass is 15.2. The van der Waals surface area contributed by atoms with E-state index in [9.17, 15) is 0 Å². The molecule has 0 aliphatic heterocycles. The van der Waals surface area contributed by atoms with E-state index in [1.807, 2.05) is 0 Å². The summed E-state index contributed by atoms with van der Waals surface area (Å²) in [4.78, 5) is 2.55. The number of nitrogens with one attached hydrogen (secondary N) is 1. The summed E-state index contributed by atoms with van der Waals surface area (Å²) < 4.78 is 0. The van der Waals surface area contributed by atoms with Gasteiger partial charge in [0.1, 0.15) is 0 Å². The van der Waals surface area contributed by atoms with E-state index in [0.717, 1.165) is 25.6 Å². The molecule has 0 spiro atoms. The standard InChI is InChI=1S/C14H27N3/c1-4-17(14-7-5-6-8-14)10-9-13(11-15)16-12(2)3/h12-14,16H,4-10H2,1-3H3. The zero-order chi connectivity index (χ0) is 12.7. The van der Waals surface area contributed by atoms with Gasteiger partial charge >= 0.3 is 0 Å². The van der Waals surface area contributed by atoms with Gasteiger partial charge in [0.15, 0.2) is 0 Å². The van der Waals surface area contributed by atoms with Crippen molar-refractivity contribution in [1.29, 1.82) is 5.26 Å². The van der Waals surface area contributed by atoms with Crippen LogP contribution in [-0.4, -0.2) is 36.1 Å². The highest BCUT2D eigenvalue weighted by Gasteiger charge is 2.21. The molecular weight excluding hydrogens is 210 g/mol.